The molecule has 1 aromatic carbocycles. The van der Waals surface area contributed by atoms with Crippen LogP contribution in [0.4, 0.5) is 8.78 Å². The maximum Gasteiger partial charge on any atom is 0.298 e. The van der Waals surface area contributed by atoms with E-state index in [-0.39, 0.29) is 12.3 Å². The van der Waals surface area contributed by atoms with Gasteiger partial charge in [-0.2, -0.15) is 0 Å². The number of halogens is 3. The number of hydrogen-bond acceptors (Lipinski definition) is 3. The molecule has 0 aliphatic heterocycles. The van der Waals surface area contributed by atoms with Gasteiger partial charge in [0.2, 0.25) is 5.76 Å². The van der Waals surface area contributed by atoms with Crippen molar-refractivity contribution in [1.29, 1.82) is 0 Å². The summed E-state index contributed by atoms with van der Waals surface area (Å²) in [5, 5.41) is 4.98. The van der Waals surface area contributed by atoms with Crippen LogP contribution in [0.1, 0.15) is 43.3 Å². The maximum atomic E-state index is 12.4. The van der Waals surface area contributed by atoms with Crippen LogP contribution in [0.15, 0.2) is 28.8 Å². The highest BCUT2D eigenvalue weighted by Gasteiger charge is 2.15. The third kappa shape index (κ3) is 3.32. The Morgan fingerprint density at radius 3 is 2.70 bits per heavy atom. The van der Waals surface area contributed by atoms with Gasteiger partial charge in [0.15, 0.2) is 0 Å². The number of fused-ring (bicyclic) bond motifs is 1. The standard InChI is InChI=1S/C16H15ClF2N2O2/c1-8(2)12-4-9-3-11(17)14(6-13(9)20-12)22-7-10-5-15(16(18)19)23-21-10/h3-6,8,16,20H,7H2,1-2H3. The van der Waals surface area contributed by atoms with Crippen LogP contribution in [0, 0.1) is 0 Å². The lowest BCUT2D eigenvalue weighted by Crippen LogP contribution is -1.96. The van der Waals surface area contributed by atoms with E-state index >= 15 is 0 Å². The molecule has 122 valence electrons. The second-order valence-electron chi connectivity index (χ2n) is 5.56. The number of nitrogens with one attached hydrogen (secondary N) is 1. The second kappa shape index (κ2) is 6.20. The molecule has 0 amide bonds. The number of rotatable bonds is 5. The predicted molar refractivity (Wildman–Crippen MR) is 83.2 cm³/mol. The van der Waals surface area contributed by atoms with Gasteiger partial charge >= 0.3 is 0 Å². The molecule has 0 saturated carbocycles. The van der Waals surface area contributed by atoms with E-state index in [4.69, 9.17) is 16.3 Å². The summed E-state index contributed by atoms with van der Waals surface area (Å²) in [6.45, 7) is 4.18. The van der Waals surface area contributed by atoms with Crippen molar-refractivity contribution in [2.45, 2.75) is 32.8 Å². The molecule has 3 rings (SSSR count). The molecule has 4 nitrogen and oxygen atoms in total. The van der Waals surface area contributed by atoms with E-state index in [1.807, 2.05) is 12.1 Å². The summed E-state index contributed by atoms with van der Waals surface area (Å²) in [6.07, 6.45) is -2.69. The average molecular weight is 341 g/mol. The predicted octanol–water partition coefficient (Wildman–Crippen LogP) is 5.45. The summed E-state index contributed by atoms with van der Waals surface area (Å²) in [5.41, 5.74) is 2.29. The number of H-pyrrole nitrogens is 1. The van der Waals surface area contributed by atoms with Gasteiger partial charge in [0.1, 0.15) is 18.1 Å². The SMILES string of the molecule is CC(C)c1cc2cc(Cl)c(OCc3cc(C(F)F)on3)cc2[nH]1. The van der Waals surface area contributed by atoms with E-state index in [2.05, 4.69) is 28.5 Å². The van der Waals surface area contributed by atoms with Crippen molar-refractivity contribution in [3.05, 3.63) is 46.4 Å². The van der Waals surface area contributed by atoms with E-state index in [0.717, 1.165) is 16.6 Å². The molecule has 7 heteroatoms. The molecule has 0 bridgehead atoms. The van der Waals surface area contributed by atoms with Crippen molar-refractivity contribution in [1.82, 2.24) is 10.1 Å². The Morgan fingerprint density at radius 1 is 1.26 bits per heavy atom. The van der Waals surface area contributed by atoms with Crippen LogP contribution in [0.3, 0.4) is 0 Å². The molecule has 23 heavy (non-hydrogen) atoms. The van der Waals surface area contributed by atoms with Gasteiger partial charge in [-0.05, 0) is 18.1 Å². The quantitative estimate of drug-likeness (QED) is 0.672. The van der Waals surface area contributed by atoms with Crippen molar-refractivity contribution >= 4 is 22.5 Å². The molecule has 0 unspecified atom stereocenters. The number of alkyl halides is 2. The fourth-order valence-corrected chi connectivity index (χ4v) is 2.45. The zero-order valence-corrected chi connectivity index (χ0v) is 13.3. The van der Waals surface area contributed by atoms with Crippen LogP contribution in [0.2, 0.25) is 5.02 Å². The first-order valence-corrected chi connectivity index (χ1v) is 7.50. The van der Waals surface area contributed by atoms with Gasteiger partial charge < -0.3 is 14.2 Å². The second-order valence-corrected chi connectivity index (χ2v) is 5.97. The number of hydrogen-bond donors (Lipinski definition) is 1. The van der Waals surface area contributed by atoms with Crippen LogP contribution in [-0.2, 0) is 6.61 Å². The topological polar surface area (TPSA) is 51.1 Å². The molecule has 0 aliphatic carbocycles. The Balaban J connectivity index is 1.80. The fraction of sp³-hybridized carbons (Fsp3) is 0.312. The third-order valence-electron chi connectivity index (χ3n) is 3.48. The maximum absolute atomic E-state index is 12.4. The van der Waals surface area contributed by atoms with Gasteiger partial charge in [-0.25, -0.2) is 8.78 Å². The largest absolute Gasteiger partial charge is 0.486 e. The molecule has 0 spiro atoms. The van der Waals surface area contributed by atoms with Crippen molar-refractivity contribution in [3.63, 3.8) is 0 Å². The minimum Gasteiger partial charge on any atom is -0.486 e. The number of aromatic amines is 1. The van der Waals surface area contributed by atoms with Crippen LogP contribution in [0.25, 0.3) is 10.9 Å². The molecular weight excluding hydrogens is 326 g/mol. The lowest BCUT2D eigenvalue weighted by atomic mass is 10.1. The van der Waals surface area contributed by atoms with Crippen molar-refractivity contribution in [2.75, 3.05) is 0 Å². The minimum absolute atomic E-state index is 0.000801. The Kier molecular flexibility index (Phi) is 4.26. The molecule has 0 atom stereocenters. The highest BCUT2D eigenvalue weighted by Crippen LogP contribution is 2.32. The molecule has 2 aromatic heterocycles. The zero-order chi connectivity index (χ0) is 16.6. The molecule has 0 saturated heterocycles. The Bertz CT molecular complexity index is 827. The van der Waals surface area contributed by atoms with Crippen molar-refractivity contribution in [2.24, 2.45) is 0 Å². The van der Waals surface area contributed by atoms with E-state index in [0.29, 0.717) is 16.7 Å². The minimum atomic E-state index is -2.69. The van der Waals surface area contributed by atoms with Gasteiger partial charge in [-0.1, -0.05) is 30.6 Å². The number of benzene rings is 1. The molecule has 1 N–H and O–H groups in total. The highest BCUT2D eigenvalue weighted by atomic mass is 35.5. The van der Waals surface area contributed by atoms with E-state index in [9.17, 15) is 8.78 Å². The van der Waals surface area contributed by atoms with Gasteiger partial charge in [0.05, 0.1) is 5.02 Å². The summed E-state index contributed by atoms with van der Waals surface area (Å²) in [6, 6.07) is 6.81. The van der Waals surface area contributed by atoms with Crippen molar-refractivity contribution < 1.29 is 18.0 Å². The molecule has 0 radical (unpaired) electrons. The van der Waals surface area contributed by atoms with E-state index in [1.54, 1.807) is 6.07 Å². The zero-order valence-electron chi connectivity index (χ0n) is 12.6. The molecular formula is C16H15ClF2N2O2. The number of aromatic nitrogens is 2. The third-order valence-corrected chi connectivity index (χ3v) is 3.78. The van der Waals surface area contributed by atoms with Crippen LogP contribution >= 0.6 is 11.6 Å². The fourth-order valence-electron chi connectivity index (χ4n) is 2.23. The highest BCUT2D eigenvalue weighted by molar-refractivity contribution is 6.32. The van der Waals surface area contributed by atoms with Crippen LogP contribution in [-0.4, -0.2) is 10.1 Å². The van der Waals surface area contributed by atoms with Gasteiger partial charge in [-0.3, -0.25) is 0 Å². The van der Waals surface area contributed by atoms with E-state index in [1.165, 1.54) is 6.07 Å². The first-order chi connectivity index (χ1) is 10.9. The van der Waals surface area contributed by atoms with Gasteiger partial charge in [-0.15, -0.1) is 0 Å². The first kappa shape index (κ1) is 15.8. The summed E-state index contributed by atoms with van der Waals surface area (Å²) < 4.78 is 35.0. The first-order valence-electron chi connectivity index (χ1n) is 7.12. The Morgan fingerprint density at radius 2 is 2.04 bits per heavy atom. The smallest absolute Gasteiger partial charge is 0.298 e. The number of ether oxygens (including phenoxy) is 1. The Hall–Kier alpha value is -2.08. The summed E-state index contributed by atoms with van der Waals surface area (Å²) >= 11 is 6.21. The lowest BCUT2D eigenvalue weighted by molar-refractivity contribution is 0.112. The number of nitrogens with zero attached hydrogens (tertiary/aromatic N) is 1. The van der Waals surface area contributed by atoms with Gasteiger partial charge in [0.25, 0.3) is 6.43 Å². The van der Waals surface area contributed by atoms with Crippen LogP contribution in [0.5, 0.6) is 5.75 Å². The van der Waals surface area contributed by atoms with Crippen LogP contribution < -0.4 is 4.74 Å². The normalized spacial score (nSPS) is 11.8. The Labute approximate surface area is 136 Å². The summed E-state index contributed by atoms with van der Waals surface area (Å²) in [5.74, 6) is 0.349. The summed E-state index contributed by atoms with van der Waals surface area (Å²) in [4.78, 5) is 3.31. The van der Waals surface area contributed by atoms with Crippen molar-refractivity contribution in [3.8, 4) is 5.75 Å². The summed E-state index contributed by atoms with van der Waals surface area (Å²) in [7, 11) is 0. The average Bonchev–Trinajstić information content (AvgIpc) is 3.10. The molecule has 0 aliphatic rings. The van der Waals surface area contributed by atoms with Gasteiger partial charge in [0, 0.05) is 28.7 Å². The lowest BCUT2D eigenvalue weighted by Gasteiger charge is -2.06. The molecule has 0 fully saturated rings. The monoisotopic (exact) mass is 340 g/mol. The van der Waals surface area contributed by atoms with E-state index < -0.39 is 12.2 Å². The molecule has 2 heterocycles. The molecule has 3 aromatic rings.